The molecule has 4 rings (SSSR count). The molecule has 2 aliphatic rings. The van der Waals surface area contributed by atoms with E-state index in [0.29, 0.717) is 39.4 Å². The first-order chi connectivity index (χ1) is 14.0. The highest BCUT2D eigenvalue weighted by atomic mass is 79.9. The van der Waals surface area contributed by atoms with Crippen LogP contribution < -0.4 is 0 Å². The SMILES string of the molecule is CCOC(=O)C1=C2CC(C#N)CN2C(c2nccs2)=NC1c1ccc(F)cc1Br. The topological polar surface area (TPSA) is 78.6 Å². The molecule has 0 N–H and O–H groups in total. The second kappa shape index (κ2) is 8.05. The number of ether oxygens (including phenoxy) is 1. The van der Waals surface area contributed by atoms with Crippen molar-refractivity contribution in [3.8, 4) is 6.07 Å². The quantitative estimate of drug-likeness (QED) is 0.620. The zero-order valence-electron chi connectivity index (χ0n) is 15.4. The van der Waals surface area contributed by atoms with Crippen LogP contribution in [0.2, 0.25) is 0 Å². The first-order valence-corrected chi connectivity index (χ1v) is 10.7. The van der Waals surface area contributed by atoms with E-state index in [9.17, 15) is 14.4 Å². The lowest BCUT2D eigenvalue weighted by molar-refractivity contribution is -0.139. The molecule has 0 aliphatic carbocycles. The zero-order valence-corrected chi connectivity index (χ0v) is 17.8. The van der Waals surface area contributed by atoms with E-state index in [1.165, 1.54) is 23.5 Å². The summed E-state index contributed by atoms with van der Waals surface area (Å²) in [5.41, 5.74) is 1.75. The maximum absolute atomic E-state index is 13.7. The number of carbonyl (C=O) groups excluding carboxylic acids is 1. The molecule has 29 heavy (non-hydrogen) atoms. The molecule has 6 nitrogen and oxygen atoms in total. The van der Waals surface area contributed by atoms with Crippen molar-refractivity contribution in [2.24, 2.45) is 10.9 Å². The Kier molecular flexibility index (Phi) is 5.48. The molecule has 9 heteroatoms. The molecular weight excluding hydrogens is 459 g/mol. The lowest BCUT2D eigenvalue weighted by Crippen LogP contribution is -2.35. The number of carbonyl (C=O) groups is 1. The van der Waals surface area contributed by atoms with Gasteiger partial charge in [0.05, 0.1) is 24.2 Å². The fraction of sp³-hybridized carbons (Fsp3) is 0.300. The second-order valence-corrected chi connectivity index (χ2v) is 8.33. The molecule has 0 spiro atoms. The summed E-state index contributed by atoms with van der Waals surface area (Å²) >= 11 is 4.84. The number of hydrogen-bond acceptors (Lipinski definition) is 7. The number of allylic oxidation sites excluding steroid dienone is 1. The van der Waals surface area contributed by atoms with Crippen molar-refractivity contribution in [1.29, 1.82) is 5.26 Å². The van der Waals surface area contributed by atoms with Crippen molar-refractivity contribution >= 4 is 39.1 Å². The molecule has 1 fully saturated rings. The molecule has 0 saturated carbocycles. The number of fused-ring (bicyclic) bond motifs is 1. The van der Waals surface area contributed by atoms with Gasteiger partial charge in [0.25, 0.3) is 0 Å². The van der Waals surface area contributed by atoms with Crippen molar-refractivity contribution in [3.05, 3.63) is 61.9 Å². The molecule has 0 amide bonds. The molecule has 1 saturated heterocycles. The van der Waals surface area contributed by atoms with E-state index < -0.39 is 17.8 Å². The number of aromatic nitrogens is 1. The molecule has 2 unspecified atom stereocenters. The van der Waals surface area contributed by atoms with Crippen LogP contribution in [0.3, 0.4) is 0 Å². The van der Waals surface area contributed by atoms with E-state index in [0.717, 1.165) is 5.70 Å². The van der Waals surface area contributed by atoms with Crippen LogP contribution in [0.4, 0.5) is 4.39 Å². The van der Waals surface area contributed by atoms with E-state index in [4.69, 9.17) is 9.73 Å². The molecule has 0 radical (unpaired) electrons. The van der Waals surface area contributed by atoms with Gasteiger partial charge in [0.15, 0.2) is 10.8 Å². The number of nitriles is 1. The lowest BCUT2D eigenvalue weighted by atomic mass is 9.94. The fourth-order valence-corrected chi connectivity index (χ4v) is 4.81. The number of hydrogen-bond donors (Lipinski definition) is 0. The summed E-state index contributed by atoms with van der Waals surface area (Å²) in [7, 11) is 0. The Hall–Kier alpha value is -2.57. The molecule has 2 atom stereocenters. The summed E-state index contributed by atoms with van der Waals surface area (Å²) in [5.74, 6) is -0.524. The largest absolute Gasteiger partial charge is 0.463 e. The Balaban J connectivity index is 1.92. The maximum atomic E-state index is 13.7. The molecule has 148 valence electrons. The van der Waals surface area contributed by atoms with Crippen LogP contribution in [-0.4, -0.2) is 34.8 Å². The van der Waals surface area contributed by atoms with Gasteiger partial charge in [0.2, 0.25) is 0 Å². The Bertz CT molecular complexity index is 1060. The number of aliphatic imine (C=N–C) groups is 1. The third-order valence-electron chi connectivity index (χ3n) is 4.82. The average molecular weight is 475 g/mol. The molecular formula is C20H16BrFN4O2S. The van der Waals surface area contributed by atoms with Gasteiger partial charge in [-0.2, -0.15) is 5.26 Å². The minimum absolute atomic E-state index is 0.220. The molecule has 3 heterocycles. The third-order valence-corrected chi connectivity index (χ3v) is 6.27. The van der Waals surface area contributed by atoms with Crippen LogP contribution in [-0.2, 0) is 9.53 Å². The molecule has 1 aromatic carbocycles. The van der Waals surface area contributed by atoms with Gasteiger partial charge in [0.1, 0.15) is 11.9 Å². The molecule has 1 aromatic heterocycles. The minimum Gasteiger partial charge on any atom is -0.463 e. The highest BCUT2D eigenvalue weighted by Crippen LogP contribution is 2.43. The van der Waals surface area contributed by atoms with Gasteiger partial charge < -0.3 is 9.64 Å². The normalized spacial score (nSPS) is 20.9. The Morgan fingerprint density at radius 1 is 1.52 bits per heavy atom. The first kappa shape index (κ1) is 19.7. The summed E-state index contributed by atoms with van der Waals surface area (Å²) in [5, 5.41) is 12.0. The summed E-state index contributed by atoms with van der Waals surface area (Å²) in [4.78, 5) is 24.1. The second-order valence-electron chi connectivity index (χ2n) is 6.58. The maximum Gasteiger partial charge on any atom is 0.338 e. The number of rotatable bonds is 4. The van der Waals surface area contributed by atoms with Crippen LogP contribution in [0, 0.1) is 23.1 Å². The van der Waals surface area contributed by atoms with Crippen molar-refractivity contribution in [1.82, 2.24) is 9.88 Å². The molecule has 0 bridgehead atoms. The van der Waals surface area contributed by atoms with Gasteiger partial charge in [-0.15, -0.1) is 11.3 Å². The summed E-state index contributed by atoms with van der Waals surface area (Å²) in [6, 6.07) is 5.90. The fourth-order valence-electron chi connectivity index (χ4n) is 3.60. The number of halogens is 2. The van der Waals surface area contributed by atoms with Crippen molar-refractivity contribution in [2.45, 2.75) is 19.4 Å². The zero-order chi connectivity index (χ0) is 20.5. The smallest absolute Gasteiger partial charge is 0.338 e. The highest BCUT2D eigenvalue weighted by Gasteiger charge is 2.42. The van der Waals surface area contributed by atoms with Crippen LogP contribution in [0.25, 0.3) is 0 Å². The number of esters is 1. The summed E-state index contributed by atoms with van der Waals surface area (Å²) in [6.45, 7) is 2.39. The van der Waals surface area contributed by atoms with Crippen molar-refractivity contribution < 1.29 is 13.9 Å². The minimum atomic E-state index is -0.688. The van der Waals surface area contributed by atoms with Gasteiger partial charge in [-0.25, -0.2) is 14.2 Å². The van der Waals surface area contributed by atoms with E-state index in [-0.39, 0.29) is 12.5 Å². The number of thiazole rings is 1. The van der Waals surface area contributed by atoms with Crippen LogP contribution in [0.5, 0.6) is 0 Å². The Morgan fingerprint density at radius 3 is 3.00 bits per heavy atom. The molecule has 2 aliphatic heterocycles. The van der Waals surface area contributed by atoms with Gasteiger partial charge in [-0.05, 0) is 24.6 Å². The Morgan fingerprint density at radius 2 is 2.34 bits per heavy atom. The third kappa shape index (κ3) is 3.58. The molecule has 2 aromatic rings. The van der Waals surface area contributed by atoms with Gasteiger partial charge in [-0.3, -0.25) is 4.99 Å². The van der Waals surface area contributed by atoms with Crippen molar-refractivity contribution in [3.63, 3.8) is 0 Å². The Labute approximate surface area is 179 Å². The standard InChI is InChI=1S/C20H16BrFN4O2S/c1-2-28-20(27)16-15-7-11(9-23)10-26(15)18(19-24-5-6-29-19)25-17(16)13-4-3-12(22)8-14(13)21/h3-6,8,11,17H,2,7,10H2,1H3. The monoisotopic (exact) mass is 474 g/mol. The van der Waals surface area contributed by atoms with Gasteiger partial charge in [0, 0.05) is 34.7 Å². The van der Waals surface area contributed by atoms with Gasteiger partial charge in [-0.1, -0.05) is 22.0 Å². The van der Waals surface area contributed by atoms with Crippen LogP contribution in [0.15, 0.2) is 50.5 Å². The van der Waals surface area contributed by atoms with Crippen LogP contribution in [0.1, 0.15) is 30.0 Å². The van der Waals surface area contributed by atoms with Crippen molar-refractivity contribution in [2.75, 3.05) is 13.2 Å². The lowest BCUT2D eigenvalue weighted by Gasteiger charge is -2.31. The number of amidine groups is 1. The highest BCUT2D eigenvalue weighted by molar-refractivity contribution is 9.10. The predicted octanol–water partition coefficient (Wildman–Crippen LogP) is 4.21. The summed E-state index contributed by atoms with van der Waals surface area (Å²) < 4.78 is 19.5. The van der Waals surface area contributed by atoms with E-state index in [2.05, 4.69) is 27.0 Å². The van der Waals surface area contributed by atoms with E-state index in [1.54, 1.807) is 19.2 Å². The summed E-state index contributed by atoms with van der Waals surface area (Å²) in [6.07, 6.45) is 2.11. The van der Waals surface area contributed by atoms with Crippen LogP contribution >= 0.6 is 27.3 Å². The number of nitrogens with zero attached hydrogens (tertiary/aromatic N) is 4. The van der Waals surface area contributed by atoms with Gasteiger partial charge >= 0.3 is 5.97 Å². The first-order valence-electron chi connectivity index (χ1n) is 9.03. The van der Waals surface area contributed by atoms with E-state index >= 15 is 0 Å². The predicted molar refractivity (Wildman–Crippen MR) is 110 cm³/mol. The average Bonchev–Trinajstić information content (AvgIpc) is 3.37. The number of benzene rings is 1. The van der Waals surface area contributed by atoms with E-state index in [1.807, 2.05) is 10.3 Å².